The number of carboxylic acid groups (broad SMARTS) is 4. The molecule has 0 aromatic heterocycles. The van der Waals surface area contributed by atoms with Crippen molar-refractivity contribution in [2.75, 3.05) is 0 Å². The minimum absolute atomic E-state index is 0. The quantitative estimate of drug-likeness (QED) is 0.259. The molecule has 0 aliphatic carbocycles. The summed E-state index contributed by atoms with van der Waals surface area (Å²) in [6, 6.07) is 27.5. The zero-order valence-corrected chi connectivity index (χ0v) is 36.9. The molecule has 4 aromatic rings. The molecular formula is C44H52O8Pb-4. The predicted octanol–water partition coefficient (Wildman–Crippen LogP) is 5.01. The van der Waals surface area contributed by atoms with Crippen LogP contribution in [-0.4, -0.2) is 51.2 Å². The van der Waals surface area contributed by atoms with Crippen LogP contribution in [0.1, 0.15) is 147 Å². The van der Waals surface area contributed by atoms with Crippen molar-refractivity contribution in [1.29, 1.82) is 0 Å². The van der Waals surface area contributed by atoms with Crippen molar-refractivity contribution < 1.29 is 39.6 Å². The smallest absolute Gasteiger partial charge is 0.0715 e. The van der Waals surface area contributed by atoms with Gasteiger partial charge in [-0.15, -0.1) is 0 Å². The van der Waals surface area contributed by atoms with Crippen LogP contribution in [0.5, 0.6) is 0 Å². The first kappa shape index (κ1) is 48.7. The summed E-state index contributed by atoms with van der Waals surface area (Å²) in [5.74, 6) is -4.48. The summed E-state index contributed by atoms with van der Waals surface area (Å²) in [6.45, 7) is 24.5. The van der Waals surface area contributed by atoms with Crippen molar-refractivity contribution in [3.05, 3.63) is 142 Å². The van der Waals surface area contributed by atoms with E-state index in [9.17, 15) is 39.6 Å². The minimum Gasteiger partial charge on any atom is -0.545 e. The van der Waals surface area contributed by atoms with Gasteiger partial charge in [-0.05, 0) is 90.4 Å². The van der Waals surface area contributed by atoms with E-state index in [0.717, 1.165) is 22.3 Å². The van der Waals surface area contributed by atoms with E-state index >= 15 is 0 Å². The monoisotopic (exact) mass is 916 g/mol. The minimum atomic E-state index is -1.12. The van der Waals surface area contributed by atoms with Crippen LogP contribution in [0.4, 0.5) is 0 Å². The van der Waals surface area contributed by atoms with Gasteiger partial charge >= 0.3 is 0 Å². The van der Waals surface area contributed by atoms with Crippen molar-refractivity contribution in [3.8, 4) is 0 Å². The maximum Gasteiger partial charge on any atom is 0.0715 e. The summed E-state index contributed by atoms with van der Waals surface area (Å²) in [4.78, 5) is 42.3. The topological polar surface area (TPSA) is 161 Å². The molecule has 0 heterocycles. The fourth-order valence-electron chi connectivity index (χ4n) is 4.45. The third kappa shape index (κ3) is 17.4. The summed E-state index contributed by atoms with van der Waals surface area (Å²) in [6.07, 6.45) is 0. The molecule has 0 saturated heterocycles. The van der Waals surface area contributed by atoms with E-state index < -0.39 is 23.9 Å². The molecule has 4 aromatic carbocycles. The third-order valence-corrected chi connectivity index (χ3v) is 7.86. The molecule has 0 fully saturated rings. The van der Waals surface area contributed by atoms with E-state index in [1.807, 2.05) is 107 Å². The van der Waals surface area contributed by atoms with Gasteiger partial charge in [0, 0.05) is 27.3 Å². The fourth-order valence-corrected chi connectivity index (χ4v) is 4.45. The molecule has 9 heteroatoms. The van der Waals surface area contributed by atoms with Gasteiger partial charge < -0.3 is 39.6 Å². The fraction of sp³-hybridized carbons (Fsp3) is 0.364. The Balaban J connectivity index is 0.000000676. The van der Waals surface area contributed by atoms with Crippen LogP contribution >= 0.6 is 0 Å². The average molecular weight is 916 g/mol. The molecule has 4 rings (SSSR count). The zero-order chi connectivity index (χ0) is 40.2. The van der Waals surface area contributed by atoms with E-state index in [1.54, 1.807) is 72.8 Å². The van der Waals surface area contributed by atoms with Crippen molar-refractivity contribution in [3.63, 3.8) is 0 Å². The van der Waals surface area contributed by atoms with Gasteiger partial charge in [0.15, 0.2) is 0 Å². The second-order valence-corrected chi connectivity index (χ2v) is 16.5. The molecule has 284 valence electrons. The molecule has 0 aliphatic rings. The van der Waals surface area contributed by atoms with Gasteiger partial charge in [0.2, 0.25) is 0 Å². The summed E-state index contributed by atoms with van der Waals surface area (Å²) < 4.78 is 0. The number of aromatic carboxylic acids is 4. The van der Waals surface area contributed by atoms with Gasteiger partial charge in [0.1, 0.15) is 0 Å². The number of carboxylic acids is 4. The van der Waals surface area contributed by atoms with Crippen molar-refractivity contribution in [2.45, 2.75) is 105 Å². The summed E-state index contributed by atoms with van der Waals surface area (Å²) in [7, 11) is 0. The van der Waals surface area contributed by atoms with E-state index in [2.05, 4.69) is 0 Å². The van der Waals surface area contributed by atoms with Crippen LogP contribution in [0.2, 0.25) is 0 Å². The second-order valence-electron chi connectivity index (χ2n) is 16.5. The zero-order valence-electron chi connectivity index (χ0n) is 33.0. The Hall–Kier alpha value is -4.32. The van der Waals surface area contributed by atoms with E-state index in [0.29, 0.717) is 0 Å². The first-order valence-corrected chi connectivity index (χ1v) is 16.9. The van der Waals surface area contributed by atoms with Crippen LogP contribution in [0.25, 0.3) is 0 Å². The molecule has 0 aliphatic heterocycles. The number of carbonyl (C=O) groups is 4. The number of carbonyl (C=O) groups excluding carboxylic acids is 4. The molecule has 0 atom stereocenters. The molecule has 0 N–H and O–H groups in total. The molecule has 0 saturated carbocycles. The van der Waals surface area contributed by atoms with Gasteiger partial charge in [0.25, 0.3) is 0 Å². The Labute approximate surface area is 335 Å². The van der Waals surface area contributed by atoms with Gasteiger partial charge in [-0.3, -0.25) is 0 Å². The number of rotatable bonds is 4. The van der Waals surface area contributed by atoms with E-state index in [1.165, 1.54) is 0 Å². The van der Waals surface area contributed by atoms with Crippen LogP contribution in [0.15, 0.2) is 97.1 Å². The summed E-state index contributed by atoms with van der Waals surface area (Å²) >= 11 is 0. The van der Waals surface area contributed by atoms with E-state index in [-0.39, 0.29) is 71.2 Å². The average Bonchev–Trinajstić information content (AvgIpc) is 3.04. The molecule has 0 unspecified atom stereocenters. The first-order valence-electron chi connectivity index (χ1n) is 16.9. The Kier molecular flexibility index (Phi) is 18.6. The molecule has 0 amide bonds. The molecule has 8 nitrogen and oxygen atoms in total. The number of benzene rings is 4. The summed E-state index contributed by atoms with van der Waals surface area (Å²) in [5.41, 5.74) is 4.92. The maximum atomic E-state index is 10.6. The summed E-state index contributed by atoms with van der Waals surface area (Å²) in [5, 5.41) is 42.3. The van der Waals surface area contributed by atoms with Gasteiger partial charge in [-0.2, -0.15) is 0 Å². The Morgan fingerprint density at radius 2 is 0.491 bits per heavy atom. The molecule has 0 bridgehead atoms. The predicted molar refractivity (Wildman–Crippen MR) is 204 cm³/mol. The third-order valence-electron chi connectivity index (χ3n) is 7.86. The number of hydrogen-bond acceptors (Lipinski definition) is 8. The molecule has 0 spiro atoms. The molecule has 53 heavy (non-hydrogen) atoms. The Morgan fingerprint density at radius 3 is 0.604 bits per heavy atom. The first-order chi connectivity index (χ1) is 23.6. The van der Waals surface area contributed by atoms with Crippen molar-refractivity contribution in [2.24, 2.45) is 0 Å². The van der Waals surface area contributed by atoms with Gasteiger partial charge in [0.05, 0.1) is 23.9 Å². The van der Waals surface area contributed by atoms with Crippen molar-refractivity contribution >= 4 is 51.2 Å². The van der Waals surface area contributed by atoms with Crippen molar-refractivity contribution in [1.82, 2.24) is 0 Å². The van der Waals surface area contributed by atoms with Gasteiger partial charge in [-0.25, -0.2) is 0 Å². The number of hydrogen-bond donors (Lipinski definition) is 0. The Bertz CT molecular complexity index is 1560. The SMILES string of the molecule is CC(C)(C)c1cccc(C(=O)[O-])c1.CC(C)(C)c1cccc(C(=O)[O-])c1.CC(C)(C)c1cccc(C(=O)[O-])c1.CC(C)(C)c1cccc(C(=O)[O-])c1.[Pb]. The van der Waals surface area contributed by atoms with Gasteiger partial charge in [-0.1, -0.05) is 156 Å². The van der Waals surface area contributed by atoms with Crippen LogP contribution < -0.4 is 20.4 Å². The normalized spacial score (nSPS) is 11.1. The Morgan fingerprint density at radius 1 is 0.340 bits per heavy atom. The largest absolute Gasteiger partial charge is 0.545 e. The van der Waals surface area contributed by atoms with Crippen LogP contribution in [-0.2, 0) is 21.7 Å². The molecular weight excluding hydrogens is 864 g/mol. The second kappa shape index (κ2) is 20.2. The molecule has 4 radical (unpaired) electrons. The van der Waals surface area contributed by atoms with E-state index in [4.69, 9.17) is 0 Å². The van der Waals surface area contributed by atoms with Crippen LogP contribution in [0, 0.1) is 0 Å². The van der Waals surface area contributed by atoms with Crippen LogP contribution in [0.3, 0.4) is 0 Å². The maximum absolute atomic E-state index is 10.6. The standard InChI is InChI=1S/4C11H14O2.Pb/c4*1-11(2,3)9-6-4-5-8(7-9)10(12)13;/h4*4-7H,1-3H3,(H,12,13);/p-4.